The zero-order chi connectivity index (χ0) is 15.2. The fourth-order valence-electron chi connectivity index (χ4n) is 2.14. The van der Waals surface area contributed by atoms with Crippen LogP contribution in [0.2, 0.25) is 0 Å². The van der Waals surface area contributed by atoms with Crippen LogP contribution in [0.1, 0.15) is 5.56 Å². The normalized spacial score (nSPS) is 10.3. The summed E-state index contributed by atoms with van der Waals surface area (Å²) in [6, 6.07) is 12.1. The van der Waals surface area contributed by atoms with Crippen molar-refractivity contribution in [2.75, 3.05) is 21.3 Å². The molecule has 2 rings (SSSR count). The van der Waals surface area contributed by atoms with Crippen molar-refractivity contribution in [3.8, 4) is 28.4 Å². The number of hydrogen-bond donors (Lipinski definition) is 1. The van der Waals surface area contributed by atoms with Crippen molar-refractivity contribution in [2.24, 2.45) is 5.14 Å². The van der Waals surface area contributed by atoms with Crippen molar-refractivity contribution in [3.05, 3.63) is 42.0 Å². The van der Waals surface area contributed by atoms with Gasteiger partial charge in [-0.1, -0.05) is 36.2 Å². The fraction of sp³-hybridized carbons (Fsp3) is 0.250. The molecule has 0 atom stereocenters. The lowest BCUT2D eigenvalue weighted by Gasteiger charge is -2.14. The summed E-state index contributed by atoms with van der Waals surface area (Å²) in [5.74, 6) is 2.69. The van der Waals surface area contributed by atoms with E-state index in [1.165, 1.54) is 17.5 Å². The quantitative estimate of drug-likeness (QED) is 0.828. The number of hydrogen-bond acceptors (Lipinski definition) is 5. The average Bonchev–Trinajstić information content (AvgIpc) is 2.54. The lowest BCUT2D eigenvalue weighted by atomic mass is 10.0. The third kappa shape index (κ3) is 3.43. The highest BCUT2D eigenvalue weighted by atomic mass is 32.2. The molecule has 0 amide bonds. The first-order chi connectivity index (χ1) is 10.2. The van der Waals surface area contributed by atoms with Gasteiger partial charge in [-0.3, -0.25) is 5.14 Å². The minimum absolute atomic E-state index is 0.597. The largest absolute Gasteiger partial charge is 0.493 e. The third-order valence-electron chi connectivity index (χ3n) is 3.20. The van der Waals surface area contributed by atoms with Gasteiger partial charge in [-0.05, 0) is 28.8 Å². The van der Waals surface area contributed by atoms with Crippen LogP contribution in [0.4, 0.5) is 0 Å². The van der Waals surface area contributed by atoms with Gasteiger partial charge in [-0.15, -0.1) is 0 Å². The van der Waals surface area contributed by atoms with Gasteiger partial charge >= 0.3 is 0 Å². The van der Waals surface area contributed by atoms with Gasteiger partial charge in [0.2, 0.25) is 5.75 Å². The molecule has 0 aliphatic carbocycles. The molecule has 0 saturated heterocycles. The summed E-state index contributed by atoms with van der Waals surface area (Å²) in [4.78, 5) is 0. The monoisotopic (exact) mass is 305 g/mol. The van der Waals surface area contributed by atoms with E-state index in [0.717, 1.165) is 16.9 Å². The Morgan fingerprint density at radius 1 is 0.857 bits per heavy atom. The van der Waals surface area contributed by atoms with Crippen LogP contribution in [0, 0.1) is 0 Å². The summed E-state index contributed by atoms with van der Waals surface area (Å²) in [5, 5.41) is 5.49. The first-order valence-corrected chi connectivity index (χ1v) is 7.49. The lowest BCUT2D eigenvalue weighted by Crippen LogP contribution is -1.95. The van der Waals surface area contributed by atoms with Gasteiger partial charge in [0.1, 0.15) is 0 Å². The van der Waals surface area contributed by atoms with Gasteiger partial charge in [0.15, 0.2) is 11.5 Å². The molecular formula is C16H19NO3S. The van der Waals surface area contributed by atoms with Gasteiger partial charge in [0.05, 0.1) is 21.3 Å². The molecule has 0 aliphatic rings. The molecule has 0 spiro atoms. The molecule has 0 saturated carbocycles. The highest BCUT2D eigenvalue weighted by Gasteiger charge is 2.13. The maximum atomic E-state index is 5.49. The molecule has 2 aromatic rings. The van der Waals surface area contributed by atoms with Crippen molar-refractivity contribution in [1.29, 1.82) is 0 Å². The molecule has 2 aromatic carbocycles. The second kappa shape index (κ2) is 7.24. The van der Waals surface area contributed by atoms with E-state index in [0.29, 0.717) is 17.2 Å². The minimum Gasteiger partial charge on any atom is -0.493 e. The van der Waals surface area contributed by atoms with Crippen molar-refractivity contribution >= 4 is 11.9 Å². The van der Waals surface area contributed by atoms with Crippen molar-refractivity contribution in [2.45, 2.75) is 5.75 Å². The molecule has 21 heavy (non-hydrogen) atoms. The topological polar surface area (TPSA) is 53.7 Å². The number of ether oxygens (including phenoxy) is 3. The summed E-state index contributed by atoms with van der Waals surface area (Å²) in [6.45, 7) is 0. The van der Waals surface area contributed by atoms with Crippen molar-refractivity contribution in [3.63, 3.8) is 0 Å². The molecule has 2 N–H and O–H groups in total. The van der Waals surface area contributed by atoms with Gasteiger partial charge in [0, 0.05) is 5.75 Å². The zero-order valence-electron chi connectivity index (χ0n) is 12.4. The van der Waals surface area contributed by atoms with Gasteiger partial charge in [-0.2, -0.15) is 0 Å². The van der Waals surface area contributed by atoms with E-state index in [4.69, 9.17) is 19.3 Å². The maximum Gasteiger partial charge on any atom is 0.203 e. The Kier molecular flexibility index (Phi) is 5.36. The fourth-order valence-corrected chi connectivity index (χ4v) is 2.52. The maximum absolute atomic E-state index is 5.49. The van der Waals surface area contributed by atoms with Gasteiger partial charge in [-0.25, -0.2) is 0 Å². The van der Waals surface area contributed by atoms with E-state index in [1.54, 1.807) is 21.3 Å². The SMILES string of the molecule is COc1cc(-c2ccc(CSN)cc2)cc(OC)c1OC. The molecule has 0 aliphatic heterocycles. The standard InChI is InChI=1S/C16H19NO3S/c1-18-14-8-13(9-15(19-2)16(14)20-3)12-6-4-11(5-7-12)10-21-17/h4-9H,10,17H2,1-3H3. The van der Waals surface area contributed by atoms with Gasteiger partial charge < -0.3 is 14.2 Å². The molecule has 0 radical (unpaired) electrons. The van der Waals surface area contributed by atoms with Crippen LogP contribution in [-0.2, 0) is 5.75 Å². The van der Waals surface area contributed by atoms with Crippen LogP contribution >= 0.6 is 11.9 Å². The van der Waals surface area contributed by atoms with E-state index in [9.17, 15) is 0 Å². The van der Waals surface area contributed by atoms with Gasteiger partial charge in [0.25, 0.3) is 0 Å². The summed E-state index contributed by atoms with van der Waals surface area (Å²) >= 11 is 1.32. The molecule has 0 heterocycles. The Balaban J connectivity index is 2.43. The summed E-state index contributed by atoms with van der Waals surface area (Å²) in [7, 11) is 4.82. The number of benzene rings is 2. The summed E-state index contributed by atoms with van der Waals surface area (Å²) < 4.78 is 16.1. The molecule has 5 heteroatoms. The Morgan fingerprint density at radius 2 is 1.43 bits per heavy atom. The number of rotatable bonds is 6. The number of methoxy groups -OCH3 is 3. The molecule has 0 aromatic heterocycles. The predicted octanol–water partition coefficient (Wildman–Crippen LogP) is 3.49. The van der Waals surface area contributed by atoms with Crippen molar-refractivity contribution in [1.82, 2.24) is 0 Å². The number of nitrogens with two attached hydrogens (primary N) is 1. The van der Waals surface area contributed by atoms with Crippen LogP contribution in [0.15, 0.2) is 36.4 Å². The van der Waals surface area contributed by atoms with E-state index < -0.39 is 0 Å². The third-order valence-corrected chi connectivity index (χ3v) is 3.70. The molecule has 0 fully saturated rings. The first kappa shape index (κ1) is 15.5. The Labute approximate surface area is 129 Å². The van der Waals surface area contributed by atoms with Crippen LogP contribution in [0.3, 0.4) is 0 Å². The van der Waals surface area contributed by atoms with E-state index >= 15 is 0 Å². The lowest BCUT2D eigenvalue weighted by molar-refractivity contribution is 0.324. The molecule has 0 unspecified atom stereocenters. The minimum atomic E-state index is 0.597. The van der Waals surface area contributed by atoms with Crippen LogP contribution in [0.25, 0.3) is 11.1 Å². The Morgan fingerprint density at radius 3 is 1.86 bits per heavy atom. The molecular weight excluding hydrogens is 286 g/mol. The molecule has 4 nitrogen and oxygen atoms in total. The smallest absolute Gasteiger partial charge is 0.203 e. The second-order valence-electron chi connectivity index (χ2n) is 4.42. The summed E-state index contributed by atoms with van der Waals surface area (Å²) in [6.07, 6.45) is 0. The highest BCUT2D eigenvalue weighted by molar-refractivity contribution is 7.96. The zero-order valence-corrected chi connectivity index (χ0v) is 13.2. The summed E-state index contributed by atoms with van der Waals surface area (Å²) in [5.41, 5.74) is 3.29. The second-order valence-corrected chi connectivity index (χ2v) is 5.04. The van der Waals surface area contributed by atoms with E-state index in [-0.39, 0.29) is 0 Å². The molecule has 0 bridgehead atoms. The van der Waals surface area contributed by atoms with Crippen LogP contribution in [0.5, 0.6) is 17.2 Å². The highest BCUT2D eigenvalue weighted by Crippen LogP contribution is 2.41. The van der Waals surface area contributed by atoms with E-state index in [2.05, 4.69) is 24.3 Å². The van der Waals surface area contributed by atoms with Crippen LogP contribution in [-0.4, -0.2) is 21.3 Å². The first-order valence-electron chi connectivity index (χ1n) is 6.44. The van der Waals surface area contributed by atoms with Crippen LogP contribution < -0.4 is 19.3 Å². The Hall–Kier alpha value is -1.85. The van der Waals surface area contributed by atoms with E-state index in [1.807, 2.05) is 12.1 Å². The molecule has 112 valence electrons. The van der Waals surface area contributed by atoms with Crippen molar-refractivity contribution < 1.29 is 14.2 Å². The Bertz CT molecular complexity index is 574. The predicted molar refractivity (Wildman–Crippen MR) is 87.0 cm³/mol. The average molecular weight is 305 g/mol.